The van der Waals surface area contributed by atoms with Gasteiger partial charge in [0.15, 0.2) is 0 Å². The zero-order valence-electron chi connectivity index (χ0n) is 9.32. The van der Waals surface area contributed by atoms with Crippen molar-refractivity contribution in [1.82, 2.24) is 15.0 Å². The van der Waals surface area contributed by atoms with Crippen LogP contribution in [-0.2, 0) is 6.18 Å². The minimum Gasteiger partial charge on any atom is -0.319 e. The maximum absolute atomic E-state index is 12.7. The van der Waals surface area contributed by atoms with E-state index >= 15 is 0 Å². The summed E-state index contributed by atoms with van der Waals surface area (Å²) in [6.45, 7) is 0. The number of aromatic nitrogens is 3. The van der Waals surface area contributed by atoms with Crippen LogP contribution >= 0.6 is 0 Å². The molecule has 0 unspecified atom stereocenters. The number of alkyl halides is 3. The van der Waals surface area contributed by atoms with Crippen molar-refractivity contribution in [3.05, 3.63) is 46.6 Å². The van der Waals surface area contributed by atoms with Gasteiger partial charge in [0.1, 0.15) is 6.33 Å². The van der Waals surface area contributed by atoms with Crippen molar-refractivity contribution in [3.8, 4) is 0 Å². The minimum atomic E-state index is -4.46. The summed E-state index contributed by atoms with van der Waals surface area (Å²) in [6, 6.07) is 2.96. The Kier molecular flexibility index (Phi) is 2.31. The second kappa shape index (κ2) is 3.78. The van der Waals surface area contributed by atoms with Crippen LogP contribution in [0.3, 0.4) is 0 Å². The molecule has 0 spiro atoms. The molecule has 0 amide bonds. The maximum atomic E-state index is 12.7. The van der Waals surface area contributed by atoms with Gasteiger partial charge in [0.05, 0.1) is 22.8 Å². The lowest BCUT2D eigenvalue weighted by atomic mass is 10.1. The molecule has 0 fully saturated rings. The lowest BCUT2D eigenvalue weighted by Crippen LogP contribution is -2.10. The highest BCUT2D eigenvalue weighted by molar-refractivity contribution is 6.02. The standard InChI is InChI=1S/C12H6F3N3O/c13-12(14,15)6-1-2-7-8(3-6)10-9(18-11(7)19)4-16-5-17-10/h1-5H,(H,18,19). The summed E-state index contributed by atoms with van der Waals surface area (Å²) in [5, 5.41) is 0.329. The highest BCUT2D eigenvalue weighted by Gasteiger charge is 2.30. The van der Waals surface area contributed by atoms with Crippen molar-refractivity contribution in [3.63, 3.8) is 0 Å². The van der Waals surface area contributed by atoms with Crippen molar-refractivity contribution in [2.45, 2.75) is 6.18 Å². The van der Waals surface area contributed by atoms with Crippen molar-refractivity contribution < 1.29 is 13.2 Å². The Labute approximate surface area is 103 Å². The van der Waals surface area contributed by atoms with E-state index < -0.39 is 17.3 Å². The highest BCUT2D eigenvalue weighted by atomic mass is 19.4. The van der Waals surface area contributed by atoms with Gasteiger partial charge in [-0.2, -0.15) is 13.2 Å². The third kappa shape index (κ3) is 1.83. The third-order valence-corrected chi connectivity index (χ3v) is 2.81. The second-order valence-corrected chi connectivity index (χ2v) is 4.00. The molecule has 0 bridgehead atoms. The number of hydrogen-bond acceptors (Lipinski definition) is 3. The van der Waals surface area contributed by atoms with E-state index in [1.807, 2.05) is 0 Å². The highest BCUT2D eigenvalue weighted by Crippen LogP contribution is 2.31. The monoisotopic (exact) mass is 265 g/mol. The molecule has 3 rings (SSSR count). The van der Waals surface area contributed by atoms with Gasteiger partial charge >= 0.3 is 6.18 Å². The smallest absolute Gasteiger partial charge is 0.319 e. The van der Waals surface area contributed by atoms with E-state index in [2.05, 4.69) is 15.0 Å². The fourth-order valence-corrected chi connectivity index (χ4v) is 1.94. The summed E-state index contributed by atoms with van der Waals surface area (Å²) in [5.41, 5.74) is -0.688. The van der Waals surface area contributed by atoms with Crippen LogP contribution < -0.4 is 5.56 Å². The first kappa shape index (κ1) is 11.6. The number of halogens is 3. The molecule has 0 aliphatic rings. The molecule has 7 heteroatoms. The molecule has 0 atom stereocenters. The lowest BCUT2D eigenvalue weighted by molar-refractivity contribution is -0.137. The third-order valence-electron chi connectivity index (χ3n) is 2.81. The summed E-state index contributed by atoms with van der Waals surface area (Å²) in [4.78, 5) is 21.9. The number of fused-ring (bicyclic) bond motifs is 3. The van der Waals surface area contributed by atoms with Crippen LogP contribution in [0.5, 0.6) is 0 Å². The maximum Gasteiger partial charge on any atom is 0.416 e. The summed E-state index contributed by atoms with van der Waals surface area (Å²) < 4.78 is 38.1. The van der Waals surface area contributed by atoms with E-state index in [9.17, 15) is 18.0 Å². The number of pyridine rings is 1. The number of H-pyrrole nitrogens is 1. The Bertz CT molecular complexity index is 839. The lowest BCUT2D eigenvalue weighted by Gasteiger charge is -2.08. The van der Waals surface area contributed by atoms with Gasteiger partial charge in [-0.15, -0.1) is 0 Å². The van der Waals surface area contributed by atoms with Crippen LogP contribution in [0, 0.1) is 0 Å². The van der Waals surface area contributed by atoms with Crippen LogP contribution in [-0.4, -0.2) is 15.0 Å². The van der Waals surface area contributed by atoms with Gasteiger partial charge in [0.25, 0.3) is 5.56 Å². The fourth-order valence-electron chi connectivity index (χ4n) is 1.94. The average Bonchev–Trinajstić information content (AvgIpc) is 2.37. The first-order valence-corrected chi connectivity index (χ1v) is 5.30. The largest absolute Gasteiger partial charge is 0.416 e. The molecule has 2 heterocycles. The first-order chi connectivity index (χ1) is 8.97. The zero-order chi connectivity index (χ0) is 13.6. The van der Waals surface area contributed by atoms with E-state index in [4.69, 9.17) is 0 Å². The molecule has 0 aliphatic carbocycles. The van der Waals surface area contributed by atoms with Crippen molar-refractivity contribution in [2.24, 2.45) is 0 Å². The fraction of sp³-hybridized carbons (Fsp3) is 0.0833. The molecule has 1 N–H and O–H groups in total. The summed E-state index contributed by atoms with van der Waals surface area (Å²) >= 11 is 0. The van der Waals surface area contributed by atoms with Gasteiger partial charge in [0, 0.05) is 10.8 Å². The molecular formula is C12H6F3N3O. The molecule has 19 heavy (non-hydrogen) atoms. The number of hydrogen-bond donors (Lipinski definition) is 1. The van der Waals surface area contributed by atoms with Gasteiger partial charge < -0.3 is 4.98 Å². The van der Waals surface area contributed by atoms with Crippen LogP contribution in [0.2, 0.25) is 0 Å². The normalized spacial score (nSPS) is 12.2. The summed E-state index contributed by atoms with van der Waals surface area (Å²) in [6.07, 6.45) is -1.89. The molecule has 2 aromatic heterocycles. The number of aromatic amines is 1. The summed E-state index contributed by atoms with van der Waals surface area (Å²) in [7, 11) is 0. The number of rotatable bonds is 0. The first-order valence-electron chi connectivity index (χ1n) is 5.30. The Morgan fingerprint density at radius 2 is 1.95 bits per heavy atom. The van der Waals surface area contributed by atoms with Crippen LogP contribution in [0.4, 0.5) is 13.2 Å². The van der Waals surface area contributed by atoms with Crippen molar-refractivity contribution in [2.75, 3.05) is 0 Å². The van der Waals surface area contributed by atoms with Crippen molar-refractivity contribution in [1.29, 1.82) is 0 Å². The molecule has 0 radical (unpaired) electrons. The quantitative estimate of drug-likeness (QED) is 0.635. The predicted octanol–water partition coefficient (Wildman–Crippen LogP) is 2.49. The SMILES string of the molecule is O=c1[nH]c2cncnc2c2cc(C(F)(F)F)ccc12. The van der Waals surface area contributed by atoms with Gasteiger partial charge in [-0.1, -0.05) is 0 Å². The molecule has 96 valence electrons. The molecule has 0 aliphatic heterocycles. The van der Waals surface area contributed by atoms with Gasteiger partial charge in [0.2, 0.25) is 0 Å². The topological polar surface area (TPSA) is 58.6 Å². The number of benzene rings is 1. The molecule has 3 aromatic rings. The van der Waals surface area contributed by atoms with E-state index in [1.54, 1.807) is 0 Å². The number of nitrogens with one attached hydrogen (secondary N) is 1. The minimum absolute atomic E-state index is 0.163. The Balaban J connectivity index is 2.49. The van der Waals surface area contributed by atoms with Gasteiger partial charge in [-0.05, 0) is 18.2 Å². The average molecular weight is 265 g/mol. The molecule has 0 saturated carbocycles. The predicted molar refractivity (Wildman–Crippen MR) is 62.7 cm³/mol. The van der Waals surface area contributed by atoms with Crippen LogP contribution in [0.1, 0.15) is 5.56 Å². The molecule has 1 aromatic carbocycles. The molecule has 0 saturated heterocycles. The zero-order valence-corrected chi connectivity index (χ0v) is 9.32. The van der Waals surface area contributed by atoms with Crippen LogP contribution in [0.15, 0.2) is 35.5 Å². The summed E-state index contributed by atoms with van der Waals surface area (Å²) in [5.74, 6) is 0. The van der Waals surface area contributed by atoms with Gasteiger partial charge in [-0.25, -0.2) is 9.97 Å². The molecular weight excluding hydrogens is 259 g/mol. The van der Waals surface area contributed by atoms with Crippen molar-refractivity contribution >= 4 is 21.8 Å². The Morgan fingerprint density at radius 3 is 2.68 bits per heavy atom. The number of nitrogens with zero attached hydrogens (tertiary/aromatic N) is 2. The Morgan fingerprint density at radius 1 is 1.16 bits per heavy atom. The van der Waals surface area contributed by atoms with E-state index in [0.717, 1.165) is 18.2 Å². The molecule has 4 nitrogen and oxygen atoms in total. The second-order valence-electron chi connectivity index (χ2n) is 4.00. The Hall–Kier alpha value is -2.44. The van der Waals surface area contributed by atoms with Crippen LogP contribution in [0.25, 0.3) is 21.8 Å². The van der Waals surface area contributed by atoms with E-state index in [-0.39, 0.29) is 16.3 Å². The van der Waals surface area contributed by atoms with Gasteiger partial charge in [-0.3, -0.25) is 4.79 Å². The van der Waals surface area contributed by atoms with E-state index in [0.29, 0.717) is 5.52 Å². The van der Waals surface area contributed by atoms with E-state index in [1.165, 1.54) is 12.5 Å².